The summed E-state index contributed by atoms with van der Waals surface area (Å²) in [6.45, 7) is 5.32. The van der Waals surface area contributed by atoms with Gasteiger partial charge in [-0.15, -0.1) is 5.10 Å². The Labute approximate surface area is 107 Å². The quantitative estimate of drug-likeness (QED) is 0.894. The Morgan fingerprint density at radius 2 is 1.94 bits per heavy atom. The van der Waals surface area contributed by atoms with Crippen molar-refractivity contribution in [2.45, 2.75) is 26.9 Å². The van der Waals surface area contributed by atoms with Crippen molar-refractivity contribution in [1.29, 1.82) is 0 Å². The van der Waals surface area contributed by atoms with Gasteiger partial charge in [0, 0.05) is 13.1 Å². The van der Waals surface area contributed by atoms with Gasteiger partial charge in [0.25, 0.3) is 0 Å². The van der Waals surface area contributed by atoms with Gasteiger partial charge >= 0.3 is 0 Å². The summed E-state index contributed by atoms with van der Waals surface area (Å²) < 4.78 is 1.85. The third-order valence-corrected chi connectivity index (χ3v) is 2.85. The van der Waals surface area contributed by atoms with Crippen molar-refractivity contribution < 1.29 is 0 Å². The SMILES string of the molecule is CCn1nnc(CN)c1/C=C/c1ccc(C)cc1. The molecular formula is C14H18N4. The van der Waals surface area contributed by atoms with Crippen molar-refractivity contribution in [3.8, 4) is 0 Å². The van der Waals surface area contributed by atoms with Crippen LogP contribution in [-0.4, -0.2) is 15.0 Å². The Kier molecular flexibility index (Phi) is 3.89. The highest BCUT2D eigenvalue weighted by atomic mass is 15.4. The van der Waals surface area contributed by atoms with E-state index in [1.54, 1.807) is 0 Å². The van der Waals surface area contributed by atoms with Gasteiger partial charge in [0.1, 0.15) is 5.69 Å². The summed E-state index contributed by atoms with van der Waals surface area (Å²) in [4.78, 5) is 0. The molecule has 0 radical (unpaired) electrons. The maximum absolute atomic E-state index is 5.66. The molecule has 4 nitrogen and oxygen atoms in total. The Balaban J connectivity index is 2.27. The van der Waals surface area contributed by atoms with E-state index in [2.05, 4.69) is 47.6 Å². The normalized spacial score (nSPS) is 11.3. The summed E-state index contributed by atoms with van der Waals surface area (Å²) in [7, 11) is 0. The first-order valence-corrected chi connectivity index (χ1v) is 6.11. The number of aromatic nitrogens is 3. The van der Waals surface area contributed by atoms with Gasteiger partial charge in [0.15, 0.2) is 0 Å². The van der Waals surface area contributed by atoms with Crippen molar-refractivity contribution in [1.82, 2.24) is 15.0 Å². The van der Waals surface area contributed by atoms with Gasteiger partial charge in [0.05, 0.1) is 5.69 Å². The van der Waals surface area contributed by atoms with Crippen LogP contribution in [0.4, 0.5) is 0 Å². The molecule has 0 fully saturated rings. The average molecular weight is 242 g/mol. The first-order valence-electron chi connectivity index (χ1n) is 6.11. The van der Waals surface area contributed by atoms with Gasteiger partial charge in [-0.05, 0) is 25.5 Å². The van der Waals surface area contributed by atoms with E-state index in [1.165, 1.54) is 5.56 Å². The lowest BCUT2D eigenvalue weighted by atomic mass is 10.1. The van der Waals surface area contributed by atoms with E-state index in [1.807, 2.05) is 17.7 Å². The Bertz CT molecular complexity index is 516. The fourth-order valence-electron chi connectivity index (χ4n) is 1.77. The van der Waals surface area contributed by atoms with Gasteiger partial charge in [-0.2, -0.15) is 0 Å². The van der Waals surface area contributed by atoms with Crippen LogP contribution in [0.1, 0.15) is 29.4 Å². The maximum atomic E-state index is 5.66. The predicted molar refractivity (Wildman–Crippen MR) is 73.7 cm³/mol. The van der Waals surface area contributed by atoms with Crippen molar-refractivity contribution in [3.63, 3.8) is 0 Å². The molecule has 2 N–H and O–H groups in total. The van der Waals surface area contributed by atoms with Crippen LogP contribution in [0.5, 0.6) is 0 Å². The minimum Gasteiger partial charge on any atom is -0.325 e. The number of hydrogen-bond acceptors (Lipinski definition) is 3. The third kappa shape index (κ3) is 2.65. The smallest absolute Gasteiger partial charge is 0.104 e. The van der Waals surface area contributed by atoms with Crippen LogP contribution in [0.2, 0.25) is 0 Å². The average Bonchev–Trinajstić information content (AvgIpc) is 2.80. The zero-order chi connectivity index (χ0) is 13.0. The second kappa shape index (κ2) is 5.60. The molecule has 94 valence electrons. The topological polar surface area (TPSA) is 56.7 Å². The van der Waals surface area contributed by atoms with E-state index in [4.69, 9.17) is 5.73 Å². The van der Waals surface area contributed by atoms with Crippen LogP contribution in [0.3, 0.4) is 0 Å². The Hall–Kier alpha value is -1.94. The zero-order valence-corrected chi connectivity index (χ0v) is 10.8. The molecule has 0 saturated heterocycles. The van der Waals surface area contributed by atoms with Gasteiger partial charge < -0.3 is 5.73 Å². The molecule has 0 amide bonds. The largest absolute Gasteiger partial charge is 0.325 e. The molecule has 18 heavy (non-hydrogen) atoms. The molecule has 0 aliphatic heterocycles. The van der Waals surface area contributed by atoms with Crippen molar-refractivity contribution >= 4 is 12.2 Å². The highest BCUT2D eigenvalue weighted by Crippen LogP contribution is 2.11. The Morgan fingerprint density at radius 1 is 1.22 bits per heavy atom. The Morgan fingerprint density at radius 3 is 2.56 bits per heavy atom. The predicted octanol–water partition coefficient (Wildman–Crippen LogP) is 2.24. The zero-order valence-electron chi connectivity index (χ0n) is 10.8. The summed E-state index contributed by atoms with van der Waals surface area (Å²) in [6.07, 6.45) is 4.08. The lowest BCUT2D eigenvalue weighted by molar-refractivity contribution is 0.622. The van der Waals surface area contributed by atoms with Crippen LogP contribution in [0.15, 0.2) is 24.3 Å². The first-order chi connectivity index (χ1) is 8.74. The molecule has 0 atom stereocenters. The monoisotopic (exact) mass is 242 g/mol. The lowest BCUT2D eigenvalue weighted by Gasteiger charge is -2.00. The van der Waals surface area contributed by atoms with E-state index in [-0.39, 0.29) is 0 Å². The van der Waals surface area contributed by atoms with Crippen LogP contribution >= 0.6 is 0 Å². The van der Waals surface area contributed by atoms with Crippen LogP contribution in [0, 0.1) is 6.92 Å². The van der Waals surface area contributed by atoms with E-state index < -0.39 is 0 Å². The van der Waals surface area contributed by atoms with E-state index in [9.17, 15) is 0 Å². The molecule has 2 rings (SSSR count). The molecule has 1 aromatic carbocycles. The fraction of sp³-hybridized carbons (Fsp3) is 0.286. The second-order valence-corrected chi connectivity index (χ2v) is 4.19. The van der Waals surface area contributed by atoms with Crippen molar-refractivity contribution in [3.05, 3.63) is 46.8 Å². The van der Waals surface area contributed by atoms with Gasteiger partial charge in [0.2, 0.25) is 0 Å². The summed E-state index contributed by atoms with van der Waals surface area (Å²) in [5.41, 5.74) is 9.90. The summed E-state index contributed by atoms with van der Waals surface area (Å²) in [5, 5.41) is 8.14. The highest BCUT2D eigenvalue weighted by Gasteiger charge is 2.06. The number of aryl methyl sites for hydroxylation is 2. The van der Waals surface area contributed by atoms with Gasteiger partial charge in [-0.25, -0.2) is 4.68 Å². The van der Waals surface area contributed by atoms with Crippen LogP contribution < -0.4 is 5.73 Å². The molecule has 0 unspecified atom stereocenters. The molecule has 0 spiro atoms. The molecule has 1 aromatic heterocycles. The standard InChI is InChI=1S/C14H18N4/c1-3-18-14(13(10-15)16-17-18)9-8-12-6-4-11(2)5-7-12/h4-9H,3,10,15H2,1-2H3/b9-8+. The molecule has 0 aliphatic carbocycles. The number of hydrogen-bond donors (Lipinski definition) is 1. The molecular weight excluding hydrogens is 224 g/mol. The van der Waals surface area contributed by atoms with Crippen molar-refractivity contribution in [2.75, 3.05) is 0 Å². The summed E-state index contributed by atoms with van der Waals surface area (Å²) >= 11 is 0. The van der Waals surface area contributed by atoms with Gasteiger partial charge in [-0.1, -0.05) is 41.1 Å². The highest BCUT2D eigenvalue weighted by molar-refractivity contribution is 5.69. The van der Waals surface area contributed by atoms with Crippen molar-refractivity contribution in [2.24, 2.45) is 5.73 Å². The maximum Gasteiger partial charge on any atom is 0.104 e. The molecule has 0 saturated carbocycles. The number of nitrogens with zero attached hydrogens (tertiary/aromatic N) is 3. The summed E-state index contributed by atoms with van der Waals surface area (Å²) in [6, 6.07) is 8.37. The summed E-state index contributed by atoms with van der Waals surface area (Å²) in [5.74, 6) is 0. The minimum absolute atomic E-state index is 0.410. The minimum atomic E-state index is 0.410. The lowest BCUT2D eigenvalue weighted by Crippen LogP contribution is -2.02. The van der Waals surface area contributed by atoms with Gasteiger partial charge in [-0.3, -0.25) is 0 Å². The molecule has 2 aromatic rings. The fourth-order valence-corrected chi connectivity index (χ4v) is 1.77. The van der Waals surface area contributed by atoms with E-state index in [0.29, 0.717) is 6.54 Å². The number of rotatable bonds is 4. The molecule has 4 heteroatoms. The first kappa shape index (κ1) is 12.5. The van der Waals surface area contributed by atoms with E-state index in [0.717, 1.165) is 23.5 Å². The third-order valence-electron chi connectivity index (χ3n) is 2.85. The second-order valence-electron chi connectivity index (χ2n) is 4.19. The van der Waals surface area contributed by atoms with E-state index >= 15 is 0 Å². The molecule has 0 aliphatic rings. The molecule has 0 bridgehead atoms. The number of nitrogens with two attached hydrogens (primary N) is 1. The van der Waals surface area contributed by atoms with Crippen LogP contribution in [-0.2, 0) is 13.1 Å². The number of benzene rings is 1. The molecule has 1 heterocycles. The van der Waals surface area contributed by atoms with Crippen LogP contribution in [0.25, 0.3) is 12.2 Å².